The Morgan fingerprint density at radius 2 is 2.11 bits per heavy atom. The zero-order valence-electron chi connectivity index (χ0n) is 12.7. The lowest BCUT2D eigenvalue weighted by Gasteiger charge is -2.31. The second kappa shape index (κ2) is 7.51. The fraction of sp³-hybridized carbons (Fsp3) is 0.625. The van der Waals surface area contributed by atoms with Crippen LogP contribution >= 0.6 is 0 Å². The summed E-state index contributed by atoms with van der Waals surface area (Å²) in [5.74, 6) is 0. The van der Waals surface area contributed by atoms with Gasteiger partial charge < -0.3 is 15.3 Å². The summed E-state index contributed by atoms with van der Waals surface area (Å²) < 4.78 is 0. The van der Waals surface area contributed by atoms with E-state index in [2.05, 4.69) is 62.3 Å². The van der Waals surface area contributed by atoms with Gasteiger partial charge in [-0.05, 0) is 50.9 Å². The van der Waals surface area contributed by atoms with Gasteiger partial charge in [-0.15, -0.1) is 0 Å². The van der Waals surface area contributed by atoms with E-state index in [0.29, 0.717) is 0 Å². The fourth-order valence-electron chi connectivity index (χ4n) is 2.06. The van der Waals surface area contributed by atoms with E-state index in [1.54, 1.807) is 0 Å². The average Bonchev–Trinajstić information content (AvgIpc) is 2.42. The van der Waals surface area contributed by atoms with Gasteiger partial charge in [-0.1, -0.05) is 19.1 Å². The molecule has 0 saturated carbocycles. The molecule has 0 aliphatic rings. The molecule has 19 heavy (non-hydrogen) atoms. The van der Waals surface area contributed by atoms with E-state index >= 15 is 0 Å². The maximum absolute atomic E-state index is 9.56. The maximum atomic E-state index is 9.56. The molecule has 3 nitrogen and oxygen atoms in total. The highest BCUT2D eigenvalue weighted by atomic mass is 16.3. The number of rotatable bonds is 8. The summed E-state index contributed by atoms with van der Waals surface area (Å²) in [6, 6.07) is 8.51. The van der Waals surface area contributed by atoms with E-state index < -0.39 is 0 Å². The van der Waals surface area contributed by atoms with Gasteiger partial charge in [-0.25, -0.2) is 0 Å². The largest absolute Gasteiger partial charge is 0.394 e. The van der Waals surface area contributed by atoms with Crippen molar-refractivity contribution >= 4 is 5.69 Å². The summed E-state index contributed by atoms with van der Waals surface area (Å²) in [7, 11) is 2.10. The van der Waals surface area contributed by atoms with Crippen LogP contribution in [0.1, 0.15) is 32.3 Å². The predicted molar refractivity (Wildman–Crippen MR) is 82.9 cm³/mol. The van der Waals surface area contributed by atoms with Crippen LogP contribution in [0.5, 0.6) is 0 Å². The minimum Gasteiger partial charge on any atom is -0.394 e. The van der Waals surface area contributed by atoms with Gasteiger partial charge in [0.15, 0.2) is 0 Å². The molecular weight excluding hydrogens is 236 g/mol. The molecule has 3 heteroatoms. The van der Waals surface area contributed by atoms with Gasteiger partial charge in [0.05, 0.1) is 6.61 Å². The highest BCUT2D eigenvalue weighted by molar-refractivity contribution is 5.47. The first-order valence-corrected chi connectivity index (χ1v) is 7.14. The summed E-state index contributed by atoms with van der Waals surface area (Å²) in [4.78, 5) is 2.24. The lowest BCUT2D eigenvalue weighted by molar-refractivity contribution is 0.168. The first-order chi connectivity index (χ1) is 9.00. The van der Waals surface area contributed by atoms with Crippen LogP contribution in [0.25, 0.3) is 0 Å². The van der Waals surface area contributed by atoms with Crippen molar-refractivity contribution in [3.63, 3.8) is 0 Å². The van der Waals surface area contributed by atoms with Crippen molar-refractivity contribution in [3.8, 4) is 0 Å². The topological polar surface area (TPSA) is 35.5 Å². The van der Waals surface area contributed by atoms with Gasteiger partial charge in [-0.3, -0.25) is 0 Å². The van der Waals surface area contributed by atoms with Crippen molar-refractivity contribution in [1.29, 1.82) is 0 Å². The summed E-state index contributed by atoms with van der Waals surface area (Å²) >= 11 is 0. The van der Waals surface area contributed by atoms with Crippen LogP contribution in [-0.2, 0) is 0 Å². The zero-order valence-corrected chi connectivity index (χ0v) is 12.7. The van der Waals surface area contributed by atoms with Crippen LogP contribution < -0.4 is 10.2 Å². The van der Waals surface area contributed by atoms with E-state index in [0.717, 1.165) is 25.9 Å². The molecule has 0 amide bonds. The molecule has 0 radical (unpaired) electrons. The monoisotopic (exact) mass is 264 g/mol. The Morgan fingerprint density at radius 3 is 2.68 bits per heavy atom. The van der Waals surface area contributed by atoms with E-state index in [4.69, 9.17) is 0 Å². The van der Waals surface area contributed by atoms with Gasteiger partial charge in [0.25, 0.3) is 0 Å². The lowest BCUT2D eigenvalue weighted by atomic mass is 9.98. The number of aryl methyl sites for hydroxylation is 1. The Labute approximate surface area is 117 Å². The highest BCUT2D eigenvalue weighted by Crippen LogP contribution is 2.17. The number of hydrogen-bond donors (Lipinski definition) is 2. The Hall–Kier alpha value is -1.06. The molecule has 0 fully saturated rings. The zero-order chi connectivity index (χ0) is 14.3. The Bertz CT molecular complexity index is 381. The van der Waals surface area contributed by atoms with E-state index in [1.807, 2.05) is 0 Å². The number of benzene rings is 1. The first kappa shape index (κ1) is 16.0. The highest BCUT2D eigenvalue weighted by Gasteiger charge is 2.22. The van der Waals surface area contributed by atoms with Crippen LogP contribution in [-0.4, -0.2) is 37.4 Å². The molecule has 1 aromatic carbocycles. The minimum atomic E-state index is -0.186. The third-order valence-electron chi connectivity index (χ3n) is 3.59. The van der Waals surface area contributed by atoms with Crippen molar-refractivity contribution in [2.45, 2.75) is 39.2 Å². The number of aliphatic hydroxyl groups excluding tert-OH is 1. The number of aliphatic hydroxyl groups is 1. The number of nitrogens with zero attached hydrogens (tertiary/aromatic N) is 1. The third kappa shape index (κ3) is 5.21. The van der Waals surface area contributed by atoms with Gasteiger partial charge >= 0.3 is 0 Å². The molecule has 1 atom stereocenters. The molecule has 0 aliphatic carbocycles. The molecule has 0 heterocycles. The number of nitrogens with one attached hydrogen (secondary N) is 1. The lowest BCUT2D eigenvalue weighted by Crippen LogP contribution is -2.48. The smallest absolute Gasteiger partial charge is 0.0611 e. The summed E-state index contributed by atoms with van der Waals surface area (Å²) in [6.07, 6.45) is 2.01. The molecular formula is C16H28N2O. The van der Waals surface area contributed by atoms with Crippen molar-refractivity contribution in [1.82, 2.24) is 5.32 Å². The standard InChI is InChI=1S/C16H28N2O/c1-5-10-17-16(3,13-19)9-11-18(4)15-8-6-7-14(2)12-15/h6-8,12,17,19H,5,9-11,13H2,1-4H3. The average molecular weight is 264 g/mol. The first-order valence-electron chi connectivity index (χ1n) is 7.14. The van der Waals surface area contributed by atoms with Crippen molar-refractivity contribution in [2.24, 2.45) is 0 Å². The molecule has 2 N–H and O–H groups in total. The van der Waals surface area contributed by atoms with E-state index in [9.17, 15) is 5.11 Å². The molecule has 0 aliphatic heterocycles. The SMILES string of the molecule is CCCNC(C)(CO)CCN(C)c1cccc(C)c1. The van der Waals surface area contributed by atoms with Gasteiger partial charge in [0, 0.05) is 24.8 Å². The van der Waals surface area contributed by atoms with E-state index in [1.165, 1.54) is 11.3 Å². The molecule has 1 rings (SSSR count). The van der Waals surface area contributed by atoms with E-state index in [-0.39, 0.29) is 12.1 Å². The number of hydrogen-bond acceptors (Lipinski definition) is 3. The third-order valence-corrected chi connectivity index (χ3v) is 3.59. The molecule has 0 bridgehead atoms. The van der Waals surface area contributed by atoms with Crippen molar-refractivity contribution in [3.05, 3.63) is 29.8 Å². The normalized spacial score (nSPS) is 14.2. The van der Waals surface area contributed by atoms with Gasteiger partial charge in [-0.2, -0.15) is 0 Å². The summed E-state index contributed by atoms with van der Waals surface area (Å²) in [5.41, 5.74) is 2.32. The van der Waals surface area contributed by atoms with Gasteiger partial charge in [0.1, 0.15) is 0 Å². The van der Waals surface area contributed by atoms with Crippen molar-refractivity contribution in [2.75, 3.05) is 31.6 Å². The Kier molecular flexibility index (Phi) is 6.32. The van der Waals surface area contributed by atoms with Crippen LogP contribution in [0.4, 0.5) is 5.69 Å². The predicted octanol–water partition coefficient (Wildman–Crippen LogP) is 2.57. The molecule has 1 unspecified atom stereocenters. The molecule has 0 saturated heterocycles. The Morgan fingerprint density at radius 1 is 1.37 bits per heavy atom. The second-order valence-corrected chi connectivity index (χ2v) is 5.66. The summed E-state index contributed by atoms with van der Waals surface area (Å²) in [6.45, 7) is 8.39. The number of anilines is 1. The van der Waals surface area contributed by atoms with Gasteiger partial charge in [0.2, 0.25) is 0 Å². The molecule has 0 spiro atoms. The van der Waals surface area contributed by atoms with Crippen LogP contribution in [0.3, 0.4) is 0 Å². The Balaban J connectivity index is 2.54. The van der Waals surface area contributed by atoms with Crippen molar-refractivity contribution < 1.29 is 5.11 Å². The van der Waals surface area contributed by atoms with Crippen LogP contribution in [0.2, 0.25) is 0 Å². The second-order valence-electron chi connectivity index (χ2n) is 5.66. The van der Waals surface area contributed by atoms with Crippen LogP contribution in [0, 0.1) is 6.92 Å². The molecule has 108 valence electrons. The summed E-state index contributed by atoms with van der Waals surface area (Å²) in [5, 5.41) is 13.0. The fourth-order valence-corrected chi connectivity index (χ4v) is 2.06. The molecule has 0 aromatic heterocycles. The quantitative estimate of drug-likeness (QED) is 0.757. The minimum absolute atomic E-state index is 0.175. The molecule has 1 aromatic rings. The maximum Gasteiger partial charge on any atom is 0.0611 e. The van der Waals surface area contributed by atoms with Crippen LogP contribution in [0.15, 0.2) is 24.3 Å².